The number of aliphatic carboxylic acids is 2. The van der Waals surface area contributed by atoms with Gasteiger partial charge in [0, 0.05) is 18.6 Å². The first kappa shape index (κ1) is 29.1. The van der Waals surface area contributed by atoms with Crippen molar-refractivity contribution in [2.24, 2.45) is 11.5 Å². The van der Waals surface area contributed by atoms with Crippen LogP contribution in [0.1, 0.15) is 32.6 Å². The fraction of sp³-hybridized carbons (Fsp3) is 0.647. The minimum absolute atomic E-state index is 0.0501. The monoisotopic (exact) mass is 479 g/mol. The summed E-state index contributed by atoms with van der Waals surface area (Å²) in [4.78, 5) is 70.2. The highest BCUT2D eigenvalue weighted by Gasteiger charge is 2.32. The molecule has 0 bridgehead atoms. The summed E-state index contributed by atoms with van der Waals surface area (Å²) < 4.78 is 0. The lowest BCUT2D eigenvalue weighted by atomic mass is 10.1. The van der Waals surface area contributed by atoms with E-state index in [4.69, 9.17) is 16.6 Å². The Bertz CT molecular complexity index is 719. The summed E-state index contributed by atoms with van der Waals surface area (Å²) in [5, 5.41) is 34.4. The third-order valence-electron chi connectivity index (χ3n) is 4.17. The first-order valence-corrected chi connectivity index (χ1v) is 10.1. The lowest BCUT2D eigenvalue weighted by molar-refractivity contribution is -0.143. The second-order valence-corrected chi connectivity index (χ2v) is 7.28. The highest BCUT2D eigenvalue weighted by atomic mass is 32.1. The van der Waals surface area contributed by atoms with E-state index in [2.05, 4.69) is 28.6 Å². The number of hydrogen-bond donors (Lipinski definition) is 9. The zero-order valence-electron chi connectivity index (χ0n) is 17.3. The van der Waals surface area contributed by atoms with Crippen molar-refractivity contribution in [3.8, 4) is 0 Å². The van der Waals surface area contributed by atoms with E-state index in [0.717, 1.165) is 0 Å². The maximum Gasteiger partial charge on any atom is 0.326 e. The molecule has 5 atom stereocenters. The van der Waals surface area contributed by atoms with Crippen molar-refractivity contribution in [1.29, 1.82) is 0 Å². The van der Waals surface area contributed by atoms with E-state index in [-0.39, 0.29) is 18.6 Å². The highest BCUT2D eigenvalue weighted by Crippen LogP contribution is 2.05. The van der Waals surface area contributed by atoms with Crippen LogP contribution in [0, 0.1) is 0 Å². The van der Waals surface area contributed by atoms with Crippen molar-refractivity contribution in [2.75, 3.05) is 5.75 Å². The maximum absolute atomic E-state index is 12.6. The minimum atomic E-state index is -1.54. The molecule has 10 N–H and O–H groups in total. The molecular formula is C17H29N5O9S. The Hall–Kier alpha value is -2.91. The predicted octanol–water partition coefficient (Wildman–Crippen LogP) is -3.71. The van der Waals surface area contributed by atoms with Crippen molar-refractivity contribution in [2.45, 2.75) is 62.9 Å². The van der Waals surface area contributed by atoms with E-state index in [1.807, 2.05) is 0 Å². The Morgan fingerprint density at radius 2 is 1.41 bits per heavy atom. The Kier molecular flexibility index (Phi) is 12.9. The van der Waals surface area contributed by atoms with Gasteiger partial charge in [0.15, 0.2) is 0 Å². The summed E-state index contributed by atoms with van der Waals surface area (Å²) in [6, 6.07) is -5.68. The number of primary amides is 1. The van der Waals surface area contributed by atoms with Crippen molar-refractivity contribution >= 4 is 48.2 Å². The quantitative estimate of drug-likeness (QED) is 0.104. The molecule has 0 fully saturated rings. The summed E-state index contributed by atoms with van der Waals surface area (Å²) in [7, 11) is 0. The molecule has 0 aromatic heterocycles. The van der Waals surface area contributed by atoms with Gasteiger partial charge < -0.3 is 42.7 Å². The van der Waals surface area contributed by atoms with Crippen LogP contribution in [0.2, 0.25) is 0 Å². The van der Waals surface area contributed by atoms with E-state index >= 15 is 0 Å². The van der Waals surface area contributed by atoms with Gasteiger partial charge >= 0.3 is 11.9 Å². The Morgan fingerprint density at radius 3 is 1.84 bits per heavy atom. The largest absolute Gasteiger partial charge is 0.481 e. The molecule has 0 heterocycles. The first-order chi connectivity index (χ1) is 14.8. The normalized spacial score (nSPS) is 15.4. The number of nitrogens with one attached hydrogen (secondary N) is 3. The van der Waals surface area contributed by atoms with Crippen molar-refractivity contribution < 1.29 is 44.1 Å². The predicted molar refractivity (Wildman–Crippen MR) is 112 cm³/mol. The van der Waals surface area contributed by atoms with Crippen LogP contribution in [0.3, 0.4) is 0 Å². The van der Waals surface area contributed by atoms with Crippen LogP contribution >= 0.6 is 12.6 Å². The fourth-order valence-corrected chi connectivity index (χ4v) is 2.53. The van der Waals surface area contributed by atoms with Gasteiger partial charge in [-0.15, -0.1) is 0 Å². The molecule has 0 radical (unpaired) electrons. The molecule has 0 aliphatic rings. The van der Waals surface area contributed by atoms with Crippen molar-refractivity contribution in [3.63, 3.8) is 0 Å². The Balaban J connectivity index is 5.48. The first-order valence-electron chi connectivity index (χ1n) is 9.48. The lowest BCUT2D eigenvalue weighted by Gasteiger charge is -2.26. The van der Waals surface area contributed by atoms with Gasteiger partial charge in [0.25, 0.3) is 0 Å². The molecular weight excluding hydrogens is 450 g/mol. The van der Waals surface area contributed by atoms with Gasteiger partial charge in [-0.25, -0.2) is 4.79 Å². The van der Waals surface area contributed by atoms with E-state index in [1.54, 1.807) is 0 Å². The summed E-state index contributed by atoms with van der Waals surface area (Å²) in [5.41, 5.74) is 10.5. The van der Waals surface area contributed by atoms with Gasteiger partial charge in [-0.2, -0.15) is 12.6 Å². The number of amides is 4. The third-order valence-corrected chi connectivity index (χ3v) is 4.56. The molecule has 5 unspecified atom stereocenters. The average Bonchev–Trinajstić information content (AvgIpc) is 2.70. The number of carbonyl (C=O) groups is 6. The number of aliphatic hydroxyl groups is 1. The molecule has 0 spiro atoms. The van der Waals surface area contributed by atoms with Crippen LogP contribution < -0.4 is 27.4 Å². The molecule has 0 aromatic carbocycles. The smallest absolute Gasteiger partial charge is 0.326 e. The van der Waals surface area contributed by atoms with Gasteiger partial charge in [0.2, 0.25) is 23.6 Å². The number of hydrogen-bond acceptors (Lipinski definition) is 9. The van der Waals surface area contributed by atoms with Crippen molar-refractivity contribution in [1.82, 2.24) is 16.0 Å². The average molecular weight is 480 g/mol. The molecule has 0 aromatic rings. The number of aliphatic hydroxyl groups excluding tert-OH is 1. The number of rotatable bonds is 15. The molecule has 14 nitrogen and oxygen atoms in total. The third kappa shape index (κ3) is 10.9. The number of carboxylic acids is 2. The second kappa shape index (κ2) is 14.2. The molecule has 0 aliphatic heterocycles. The van der Waals surface area contributed by atoms with Crippen LogP contribution in [0.5, 0.6) is 0 Å². The molecule has 32 heavy (non-hydrogen) atoms. The van der Waals surface area contributed by atoms with Crippen LogP contribution in [-0.4, -0.2) is 86.9 Å². The fourth-order valence-electron chi connectivity index (χ4n) is 2.36. The number of carbonyl (C=O) groups excluding carboxylic acids is 4. The van der Waals surface area contributed by atoms with Gasteiger partial charge in [0.1, 0.15) is 18.1 Å². The van der Waals surface area contributed by atoms with E-state index < -0.39 is 78.7 Å². The topological polar surface area (TPSA) is 251 Å². The molecule has 0 rings (SSSR count). The molecule has 182 valence electrons. The summed E-state index contributed by atoms with van der Waals surface area (Å²) in [6.45, 7) is 1.19. The van der Waals surface area contributed by atoms with Gasteiger partial charge in [-0.1, -0.05) is 0 Å². The second-order valence-electron chi connectivity index (χ2n) is 6.91. The summed E-state index contributed by atoms with van der Waals surface area (Å²) >= 11 is 3.85. The van der Waals surface area contributed by atoms with Gasteiger partial charge in [-0.05, 0) is 19.8 Å². The zero-order valence-corrected chi connectivity index (χ0v) is 18.2. The molecule has 15 heteroatoms. The molecule has 0 aliphatic carbocycles. The lowest BCUT2D eigenvalue weighted by Crippen LogP contribution is -2.60. The number of carboxylic acid groups (broad SMARTS) is 2. The summed E-state index contributed by atoms with van der Waals surface area (Å²) in [5.74, 6) is -6.49. The zero-order chi connectivity index (χ0) is 25.0. The number of thiol groups is 1. The van der Waals surface area contributed by atoms with E-state index in [1.165, 1.54) is 6.92 Å². The maximum atomic E-state index is 12.6. The van der Waals surface area contributed by atoms with Crippen LogP contribution in [-0.2, 0) is 28.8 Å². The van der Waals surface area contributed by atoms with E-state index in [0.29, 0.717) is 0 Å². The highest BCUT2D eigenvalue weighted by molar-refractivity contribution is 7.80. The molecule has 4 amide bonds. The Labute approximate surface area is 188 Å². The minimum Gasteiger partial charge on any atom is -0.481 e. The molecule has 0 saturated heterocycles. The SMILES string of the molecule is CC(O)C(NC(=O)C(N)CS)C(=O)NC(CCC(=O)O)C(=O)NC(CCC(N)=O)C(=O)O. The van der Waals surface area contributed by atoms with E-state index in [9.17, 15) is 39.0 Å². The standard InChI is InChI=1S/C17H29N5O9S/c1-7(23)13(22-14(27)8(18)6-32)16(29)20-9(3-5-12(25)26)15(28)21-10(17(30)31)2-4-11(19)24/h7-10,13,23,32H,2-6,18H2,1H3,(H2,19,24)(H,20,29)(H,21,28)(H,22,27)(H,25,26)(H,30,31). The van der Waals surface area contributed by atoms with Crippen LogP contribution in [0.15, 0.2) is 0 Å². The molecule has 0 saturated carbocycles. The number of nitrogens with two attached hydrogens (primary N) is 2. The Morgan fingerprint density at radius 1 is 0.875 bits per heavy atom. The summed E-state index contributed by atoms with van der Waals surface area (Å²) in [6.07, 6.45) is -3.08. The van der Waals surface area contributed by atoms with Crippen LogP contribution in [0.4, 0.5) is 0 Å². The van der Waals surface area contributed by atoms with Crippen LogP contribution in [0.25, 0.3) is 0 Å². The van der Waals surface area contributed by atoms with Gasteiger partial charge in [-0.3, -0.25) is 24.0 Å². The van der Waals surface area contributed by atoms with Gasteiger partial charge in [0.05, 0.1) is 12.1 Å². The van der Waals surface area contributed by atoms with Crippen molar-refractivity contribution in [3.05, 3.63) is 0 Å².